The molecular formula is C9H16N2O2. The van der Waals surface area contributed by atoms with Crippen LogP contribution in [0.1, 0.15) is 32.6 Å². The lowest BCUT2D eigenvalue weighted by Gasteiger charge is -2.13. The van der Waals surface area contributed by atoms with Crippen molar-refractivity contribution >= 4 is 11.8 Å². The lowest BCUT2D eigenvalue weighted by Crippen LogP contribution is -2.35. The fourth-order valence-corrected chi connectivity index (χ4v) is 1.46. The number of carbonyl (C=O) groups excluding carboxylic acids is 2. The van der Waals surface area contributed by atoms with E-state index >= 15 is 0 Å². The molecule has 2 amide bonds. The molecule has 1 atom stereocenters. The predicted octanol–water partition coefficient (Wildman–Crippen LogP) is 0.263. The van der Waals surface area contributed by atoms with Crippen molar-refractivity contribution in [2.75, 3.05) is 6.54 Å². The van der Waals surface area contributed by atoms with Crippen LogP contribution in [-0.4, -0.2) is 29.3 Å². The molecule has 1 unspecified atom stereocenters. The Kier molecular flexibility index (Phi) is 3.42. The SMILES string of the molecule is CCCCCN1C(=O)CC(N)C1=O. The van der Waals surface area contributed by atoms with Crippen molar-refractivity contribution < 1.29 is 9.59 Å². The third-order valence-corrected chi connectivity index (χ3v) is 2.26. The number of unbranched alkanes of at least 4 members (excludes halogenated alkanes) is 2. The first-order valence-electron chi connectivity index (χ1n) is 4.76. The Hall–Kier alpha value is -0.900. The highest BCUT2D eigenvalue weighted by Gasteiger charge is 2.35. The van der Waals surface area contributed by atoms with E-state index in [1.54, 1.807) is 0 Å². The molecule has 0 aromatic rings. The Balaban J connectivity index is 2.40. The summed E-state index contributed by atoms with van der Waals surface area (Å²) >= 11 is 0. The lowest BCUT2D eigenvalue weighted by molar-refractivity contribution is -0.138. The van der Waals surface area contributed by atoms with Gasteiger partial charge in [-0.2, -0.15) is 0 Å². The average molecular weight is 184 g/mol. The summed E-state index contributed by atoms with van der Waals surface area (Å²) in [5.74, 6) is -0.324. The molecule has 1 rings (SSSR count). The monoisotopic (exact) mass is 184 g/mol. The Bertz CT molecular complexity index is 216. The molecule has 74 valence electrons. The van der Waals surface area contributed by atoms with E-state index in [0.29, 0.717) is 6.54 Å². The Morgan fingerprint density at radius 2 is 2.15 bits per heavy atom. The molecule has 13 heavy (non-hydrogen) atoms. The van der Waals surface area contributed by atoms with Gasteiger partial charge < -0.3 is 5.73 Å². The van der Waals surface area contributed by atoms with Gasteiger partial charge in [0.2, 0.25) is 11.8 Å². The summed E-state index contributed by atoms with van der Waals surface area (Å²) in [5.41, 5.74) is 5.45. The molecule has 4 nitrogen and oxygen atoms in total. The normalized spacial score (nSPS) is 22.9. The molecule has 0 aliphatic carbocycles. The molecule has 1 aliphatic heterocycles. The summed E-state index contributed by atoms with van der Waals surface area (Å²) in [6, 6.07) is -0.589. The zero-order chi connectivity index (χ0) is 9.84. The van der Waals surface area contributed by atoms with Gasteiger partial charge >= 0.3 is 0 Å². The first-order chi connectivity index (χ1) is 6.16. The standard InChI is InChI=1S/C9H16N2O2/c1-2-3-4-5-11-8(12)6-7(10)9(11)13/h7H,2-6,10H2,1H3. The Morgan fingerprint density at radius 1 is 1.46 bits per heavy atom. The molecule has 1 aliphatic rings. The number of nitrogens with two attached hydrogens (primary N) is 1. The predicted molar refractivity (Wildman–Crippen MR) is 48.8 cm³/mol. The third kappa shape index (κ3) is 2.28. The number of amides is 2. The number of likely N-dealkylation sites (tertiary alicyclic amines) is 1. The molecule has 1 fully saturated rings. The quantitative estimate of drug-likeness (QED) is 0.503. The minimum atomic E-state index is -0.589. The van der Waals surface area contributed by atoms with Gasteiger partial charge in [0.15, 0.2) is 0 Å². The van der Waals surface area contributed by atoms with Crippen molar-refractivity contribution in [1.82, 2.24) is 4.90 Å². The topological polar surface area (TPSA) is 63.4 Å². The van der Waals surface area contributed by atoms with Gasteiger partial charge in [0, 0.05) is 6.54 Å². The number of hydrogen-bond acceptors (Lipinski definition) is 3. The van der Waals surface area contributed by atoms with Crippen molar-refractivity contribution in [2.24, 2.45) is 5.73 Å². The number of nitrogens with zero attached hydrogens (tertiary/aromatic N) is 1. The van der Waals surface area contributed by atoms with Crippen molar-refractivity contribution in [1.29, 1.82) is 0 Å². The van der Waals surface area contributed by atoms with Crippen molar-refractivity contribution in [2.45, 2.75) is 38.6 Å². The highest BCUT2D eigenvalue weighted by molar-refractivity contribution is 6.05. The molecular weight excluding hydrogens is 168 g/mol. The Morgan fingerprint density at radius 3 is 2.62 bits per heavy atom. The van der Waals surface area contributed by atoms with E-state index in [9.17, 15) is 9.59 Å². The summed E-state index contributed by atoms with van der Waals surface area (Å²) in [6.07, 6.45) is 3.21. The van der Waals surface area contributed by atoms with Crippen LogP contribution in [0.15, 0.2) is 0 Å². The molecule has 1 heterocycles. The van der Waals surface area contributed by atoms with Crippen LogP contribution in [0, 0.1) is 0 Å². The lowest BCUT2D eigenvalue weighted by atomic mass is 10.2. The maximum atomic E-state index is 11.3. The molecule has 1 saturated heterocycles. The van der Waals surface area contributed by atoms with Crippen LogP contribution in [-0.2, 0) is 9.59 Å². The van der Waals surface area contributed by atoms with Crippen LogP contribution in [0.2, 0.25) is 0 Å². The van der Waals surface area contributed by atoms with E-state index in [1.165, 1.54) is 4.90 Å². The first-order valence-corrected chi connectivity index (χ1v) is 4.76. The zero-order valence-electron chi connectivity index (χ0n) is 7.95. The zero-order valence-corrected chi connectivity index (χ0v) is 7.95. The summed E-state index contributed by atoms with van der Waals surface area (Å²) in [5, 5.41) is 0. The molecule has 0 radical (unpaired) electrons. The maximum absolute atomic E-state index is 11.3. The number of imide groups is 1. The number of hydrogen-bond donors (Lipinski definition) is 1. The van der Waals surface area contributed by atoms with Gasteiger partial charge in [0.25, 0.3) is 0 Å². The van der Waals surface area contributed by atoms with Crippen LogP contribution in [0.25, 0.3) is 0 Å². The van der Waals surface area contributed by atoms with Gasteiger partial charge in [-0.3, -0.25) is 14.5 Å². The smallest absolute Gasteiger partial charge is 0.246 e. The molecule has 0 aromatic heterocycles. The van der Waals surface area contributed by atoms with Crippen LogP contribution in [0.4, 0.5) is 0 Å². The average Bonchev–Trinajstić information content (AvgIpc) is 2.32. The summed E-state index contributed by atoms with van der Waals surface area (Å²) in [4.78, 5) is 23.8. The van der Waals surface area contributed by atoms with E-state index in [4.69, 9.17) is 5.73 Å². The highest BCUT2D eigenvalue weighted by atomic mass is 16.2. The molecule has 0 saturated carbocycles. The summed E-state index contributed by atoms with van der Waals surface area (Å²) in [7, 11) is 0. The Labute approximate surface area is 78.1 Å². The van der Waals surface area contributed by atoms with Gasteiger partial charge in [-0.15, -0.1) is 0 Å². The van der Waals surface area contributed by atoms with Gasteiger partial charge in [-0.05, 0) is 6.42 Å². The maximum Gasteiger partial charge on any atom is 0.246 e. The first kappa shape index (κ1) is 10.2. The van der Waals surface area contributed by atoms with E-state index in [1.807, 2.05) is 0 Å². The summed E-state index contributed by atoms with van der Waals surface area (Å²) in [6.45, 7) is 2.62. The van der Waals surface area contributed by atoms with Crippen molar-refractivity contribution in [3.05, 3.63) is 0 Å². The second kappa shape index (κ2) is 4.37. The van der Waals surface area contributed by atoms with E-state index in [0.717, 1.165) is 19.3 Å². The fraction of sp³-hybridized carbons (Fsp3) is 0.778. The van der Waals surface area contributed by atoms with Gasteiger partial charge in [0.05, 0.1) is 12.5 Å². The van der Waals surface area contributed by atoms with Gasteiger partial charge in [-0.1, -0.05) is 19.8 Å². The van der Waals surface area contributed by atoms with Crippen LogP contribution >= 0.6 is 0 Å². The van der Waals surface area contributed by atoms with E-state index in [-0.39, 0.29) is 18.2 Å². The highest BCUT2D eigenvalue weighted by Crippen LogP contribution is 2.12. The van der Waals surface area contributed by atoms with Crippen molar-refractivity contribution in [3.63, 3.8) is 0 Å². The van der Waals surface area contributed by atoms with Crippen LogP contribution in [0.3, 0.4) is 0 Å². The summed E-state index contributed by atoms with van der Waals surface area (Å²) < 4.78 is 0. The minimum absolute atomic E-state index is 0.117. The second-order valence-electron chi connectivity index (χ2n) is 3.40. The second-order valence-corrected chi connectivity index (χ2v) is 3.40. The fourth-order valence-electron chi connectivity index (χ4n) is 1.46. The molecule has 0 bridgehead atoms. The minimum Gasteiger partial charge on any atom is -0.319 e. The largest absolute Gasteiger partial charge is 0.319 e. The van der Waals surface area contributed by atoms with Crippen molar-refractivity contribution in [3.8, 4) is 0 Å². The number of carbonyl (C=O) groups is 2. The molecule has 2 N–H and O–H groups in total. The van der Waals surface area contributed by atoms with Gasteiger partial charge in [0.1, 0.15) is 0 Å². The van der Waals surface area contributed by atoms with Crippen LogP contribution < -0.4 is 5.73 Å². The molecule has 0 spiro atoms. The molecule has 0 aromatic carbocycles. The van der Waals surface area contributed by atoms with E-state index < -0.39 is 6.04 Å². The molecule has 4 heteroatoms. The van der Waals surface area contributed by atoms with Gasteiger partial charge in [-0.25, -0.2) is 0 Å². The van der Waals surface area contributed by atoms with Crippen LogP contribution in [0.5, 0.6) is 0 Å². The third-order valence-electron chi connectivity index (χ3n) is 2.26. The number of rotatable bonds is 4. The van der Waals surface area contributed by atoms with E-state index in [2.05, 4.69) is 6.92 Å².